The highest BCUT2D eigenvalue weighted by Gasteiger charge is 2.18. The Hall–Kier alpha value is -2.54. The van der Waals surface area contributed by atoms with Gasteiger partial charge < -0.3 is 15.5 Å². The Balaban J connectivity index is 0.00000128. The number of pyridine rings is 1. The van der Waals surface area contributed by atoms with Crippen molar-refractivity contribution in [3.05, 3.63) is 54.5 Å². The first-order valence-electron chi connectivity index (χ1n) is 9.70. The van der Waals surface area contributed by atoms with Crippen LogP contribution in [0.25, 0.3) is 33.4 Å². The van der Waals surface area contributed by atoms with Crippen molar-refractivity contribution in [2.75, 3.05) is 18.8 Å². The van der Waals surface area contributed by atoms with E-state index in [0.717, 1.165) is 64.9 Å². The third kappa shape index (κ3) is 3.90. The highest BCUT2D eigenvalue weighted by atomic mass is 35.5. The minimum absolute atomic E-state index is 0. The maximum atomic E-state index is 6.21. The SMILES string of the molecule is Cc1c(-c2cc(-c3cnn(C4CCNCC4)c3)cnc2N)oc2ccccc12.Cl.Cl. The van der Waals surface area contributed by atoms with Crippen LogP contribution < -0.4 is 11.1 Å². The first kappa shape index (κ1) is 22.2. The summed E-state index contributed by atoms with van der Waals surface area (Å²) in [6.07, 6.45) is 8.03. The number of benzene rings is 1. The molecule has 0 unspecified atom stereocenters. The number of para-hydroxylation sites is 1. The number of hydrogen-bond donors (Lipinski definition) is 2. The van der Waals surface area contributed by atoms with Crippen LogP contribution in [-0.4, -0.2) is 27.9 Å². The zero-order valence-corrected chi connectivity index (χ0v) is 18.3. The number of nitrogens with two attached hydrogens (primary N) is 1. The molecule has 0 radical (unpaired) electrons. The van der Waals surface area contributed by atoms with Gasteiger partial charge in [-0.3, -0.25) is 4.68 Å². The summed E-state index contributed by atoms with van der Waals surface area (Å²) in [6.45, 7) is 4.14. The maximum Gasteiger partial charge on any atom is 0.142 e. The molecule has 1 aliphatic heterocycles. The predicted molar refractivity (Wildman–Crippen MR) is 125 cm³/mol. The maximum absolute atomic E-state index is 6.21. The molecule has 8 heteroatoms. The molecule has 4 aromatic rings. The van der Waals surface area contributed by atoms with Crippen molar-refractivity contribution in [1.29, 1.82) is 0 Å². The molecule has 1 fully saturated rings. The van der Waals surface area contributed by atoms with E-state index >= 15 is 0 Å². The lowest BCUT2D eigenvalue weighted by molar-refractivity contribution is 0.343. The van der Waals surface area contributed by atoms with Crippen LogP contribution in [0.3, 0.4) is 0 Å². The molecule has 30 heavy (non-hydrogen) atoms. The van der Waals surface area contributed by atoms with E-state index in [0.29, 0.717) is 11.9 Å². The number of rotatable bonds is 3. The van der Waals surface area contributed by atoms with Crippen molar-refractivity contribution in [2.45, 2.75) is 25.8 Å². The summed E-state index contributed by atoms with van der Waals surface area (Å²) in [4.78, 5) is 4.44. The summed E-state index contributed by atoms with van der Waals surface area (Å²) in [7, 11) is 0. The first-order valence-corrected chi connectivity index (χ1v) is 9.70. The minimum atomic E-state index is 0. The van der Waals surface area contributed by atoms with Gasteiger partial charge in [-0.25, -0.2) is 4.98 Å². The smallest absolute Gasteiger partial charge is 0.142 e. The lowest BCUT2D eigenvalue weighted by Gasteiger charge is -2.22. The third-order valence-corrected chi connectivity index (χ3v) is 5.62. The van der Waals surface area contributed by atoms with Crippen LogP contribution in [0.15, 0.2) is 53.3 Å². The number of furan rings is 1. The van der Waals surface area contributed by atoms with Gasteiger partial charge in [0.15, 0.2) is 0 Å². The van der Waals surface area contributed by atoms with Crippen molar-refractivity contribution in [1.82, 2.24) is 20.1 Å². The fourth-order valence-electron chi connectivity index (χ4n) is 4.00. The molecule has 5 rings (SSSR count). The largest absolute Gasteiger partial charge is 0.456 e. The number of halogens is 2. The van der Waals surface area contributed by atoms with E-state index in [-0.39, 0.29) is 24.8 Å². The van der Waals surface area contributed by atoms with E-state index < -0.39 is 0 Å². The molecule has 0 bridgehead atoms. The second-order valence-corrected chi connectivity index (χ2v) is 7.40. The summed E-state index contributed by atoms with van der Waals surface area (Å²) < 4.78 is 8.19. The molecule has 4 heterocycles. The highest BCUT2D eigenvalue weighted by Crippen LogP contribution is 2.37. The van der Waals surface area contributed by atoms with Gasteiger partial charge in [-0.1, -0.05) is 18.2 Å². The summed E-state index contributed by atoms with van der Waals surface area (Å²) in [6, 6.07) is 10.5. The van der Waals surface area contributed by atoms with E-state index in [1.807, 2.05) is 24.4 Å². The number of aromatic nitrogens is 3. The Kier molecular flexibility index (Phi) is 6.71. The van der Waals surface area contributed by atoms with Crippen LogP contribution in [0.1, 0.15) is 24.4 Å². The second kappa shape index (κ2) is 9.08. The summed E-state index contributed by atoms with van der Waals surface area (Å²) >= 11 is 0. The molecule has 1 aromatic carbocycles. The molecule has 158 valence electrons. The lowest BCUT2D eigenvalue weighted by Crippen LogP contribution is -2.29. The molecule has 1 aliphatic rings. The lowest BCUT2D eigenvalue weighted by atomic mass is 10.0. The van der Waals surface area contributed by atoms with Gasteiger partial charge in [0.05, 0.1) is 17.8 Å². The number of nitrogens with zero attached hydrogens (tertiary/aromatic N) is 3. The van der Waals surface area contributed by atoms with Gasteiger partial charge in [0, 0.05) is 34.5 Å². The first-order chi connectivity index (χ1) is 13.7. The van der Waals surface area contributed by atoms with Crippen molar-refractivity contribution < 1.29 is 4.42 Å². The molecular formula is C22H25Cl2N5O. The van der Waals surface area contributed by atoms with Gasteiger partial charge in [0.2, 0.25) is 0 Å². The monoisotopic (exact) mass is 445 g/mol. The summed E-state index contributed by atoms with van der Waals surface area (Å²) in [5.74, 6) is 1.25. The van der Waals surface area contributed by atoms with Crippen LogP contribution in [-0.2, 0) is 0 Å². The molecular weight excluding hydrogens is 421 g/mol. The van der Waals surface area contributed by atoms with Gasteiger partial charge in [-0.15, -0.1) is 24.8 Å². The molecule has 0 amide bonds. The second-order valence-electron chi connectivity index (χ2n) is 7.40. The van der Waals surface area contributed by atoms with Crippen LogP contribution in [0.4, 0.5) is 5.82 Å². The van der Waals surface area contributed by atoms with E-state index in [1.54, 1.807) is 6.20 Å². The Bertz CT molecular complexity index is 1150. The van der Waals surface area contributed by atoms with Crippen LogP contribution >= 0.6 is 24.8 Å². The number of fused-ring (bicyclic) bond motifs is 1. The molecule has 1 saturated heterocycles. The molecule has 3 N–H and O–H groups in total. The molecule has 0 saturated carbocycles. The fourth-order valence-corrected chi connectivity index (χ4v) is 4.00. The number of nitrogen functional groups attached to an aromatic ring is 1. The van der Waals surface area contributed by atoms with Crippen LogP contribution in [0.2, 0.25) is 0 Å². The third-order valence-electron chi connectivity index (χ3n) is 5.62. The van der Waals surface area contributed by atoms with Crippen LogP contribution in [0, 0.1) is 6.92 Å². The Labute approximate surface area is 187 Å². The quantitative estimate of drug-likeness (QED) is 0.462. The van der Waals surface area contributed by atoms with Crippen molar-refractivity contribution in [3.63, 3.8) is 0 Å². The minimum Gasteiger partial charge on any atom is -0.456 e. The zero-order chi connectivity index (χ0) is 19.1. The topological polar surface area (TPSA) is 81.9 Å². The number of nitrogens with one attached hydrogen (secondary N) is 1. The Morgan fingerprint density at radius 3 is 2.63 bits per heavy atom. The number of piperidine rings is 1. The van der Waals surface area contributed by atoms with Crippen molar-refractivity contribution in [3.8, 4) is 22.5 Å². The van der Waals surface area contributed by atoms with Gasteiger partial charge >= 0.3 is 0 Å². The summed E-state index contributed by atoms with van der Waals surface area (Å²) in [5.41, 5.74) is 11.0. The predicted octanol–water partition coefficient (Wildman–Crippen LogP) is 5.02. The average Bonchev–Trinajstić information content (AvgIpc) is 3.35. The number of hydrogen-bond acceptors (Lipinski definition) is 5. The molecule has 0 aliphatic carbocycles. The number of anilines is 1. The van der Waals surface area contributed by atoms with Crippen molar-refractivity contribution >= 4 is 41.6 Å². The fraction of sp³-hybridized carbons (Fsp3) is 0.273. The molecule has 3 aromatic heterocycles. The van der Waals surface area contributed by atoms with E-state index in [4.69, 9.17) is 10.2 Å². The van der Waals surface area contributed by atoms with Gasteiger partial charge in [-0.2, -0.15) is 5.10 Å². The van der Waals surface area contributed by atoms with Gasteiger partial charge in [0.1, 0.15) is 17.2 Å². The Morgan fingerprint density at radius 1 is 1.10 bits per heavy atom. The van der Waals surface area contributed by atoms with E-state index in [2.05, 4.69) is 45.3 Å². The summed E-state index contributed by atoms with van der Waals surface area (Å²) in [5, 5.41) is 9.09. The molecule has 6 nitrogen and oxygen atoms in total. The molecule has 0 atom stereocenters. The van der Waals surface area contributed by atoms with Gasteiger partial charge in [-0.05, 0) is 45.0 Å². The highest BCUT2D eigenvalue weighted by molar-refractivity contribution is 5.90. The molecule has 0 spiro atoms. The normalized spacial score (nSPS) is 14.3. The van der Waals surface area contributed by atoms with E-state index in [1.165, 1.54) is 0 Å². The van der Waals surface area contributed by atoms with Gasteiger partial charge in [0.25, 0.3) is 0 Å². The van der Waals surface area contributed by atoms with Crippen molar-refractivity contribution in [2.24, 2.45) is 0 Å². The van der Waals surface area contributed by atoms with Crippen LogP contribution in [0.5, 0.6) is 0 Å². The average molecular weight is 446 g/mol. The standard InChI is InChI=1S/C22H23N5O.2ClH/c1-14-18-4-2-3-5-20(18)28-21(14)19-10-15(11-25-22(19)23)16-12-26-27(13-16)17-6-8-24-9-7-17;;/h2-5,10-13,17,24H,6-9H2,1H3,(H2,23,25);2*1H. The Morgan fingerprint density at radius 2 is 1.87 bits per heavy atom. The number of aryl methyl sites for hydroxylation is 1. The zero-order valence-electron chi connectivity index (χ0n) is 16.7. The van der Waals surface area contributed by atoms with E-state index in [9.17, 15) is 0 Å².